The Kier molecular flexibility index (Phi) is 8.40. The molecular formula is C30H33N3O3. The first-order chi connectivity index (χ1) is 17.6. The average Bonchev–Trinajstić information content (AvgIpc) is 3.26. The summed E-state index contributed by atoms with van der Waals surface area (Å²) in [6, 6.07) is 23.5. The molecule has 0 bridgehead atoms. The fourth-order valence-electron chi connectivity index (χ4n) is 4.30. The number of rotatable bonds is 11. The number of carbonyl (C=O) groups is 1. The van der Waals surface area contributed by atoms with Crippen LogP contribution in [0.5, 0.6) is 11.5 Å². The monoisotopic (exact) mass is 483 g/mol. The van der Waals surface area contributed by atoms with Gasteiger partial charge >= 0.3 is 0 Å². The van der Waals surface area contributed by atoms with Gasteiger partial charge < -0.3 is 19.4 Å². The number of aryl methyl sites for hydroxylation is 1. The van der Waals surface area contributed by atoms with Crippen LogP contribution in [0.4, 0.5) is 0 Å². The Balaban J connectivity index is 1.43. The third kappa shape index (κ3) is 6.13. The zero-order valence-electron chi connectivity index (χ0n) is 21.1. The molecule has 36 heavy (non-hydrogen) atoms. The molecule has 186 valence electrons. The number of para-hydroxylation sites is 2. The summed E-state index contributed by atoms with van der Waals surface area (Å²) in [5.41, 5.74) is 4.02. The number of aromatic nitrogens is 2. The van der Waals surface area contributed by atoms with Gasteiger partial charge in [0, 0.05) is 6.54 Å². The standard InChI is InChI=1S/C30H33N3O3/c1-4-11-23-16-17-27(28(20-23)35-3)36-19-10-18-33-26-15-9-8-14-25(26)32-30(33)22(2)31-29(34)21-24-12-6-5-7-13-24/h4-9,11-17,20,22H,10,18-19,21H2,1-3H3,(H,31,34)/b11-4+. The van der Waals surface area contributed by atoms with Crippen molar-refractivity contribution in [3.05, 3.63) is 95.8 Å². The predicted molar refractivity (Wildman–Crippen MR) is 144 cm³/mol. The van der Waals surface area contributed by atoms with E-state index in [-0.39, 0.29) is 11.9 Å². The van der Waals surface area contributed by atoms with Crippen molar-refractivity contribution in [2.45, 2.75) is 39.3 Å². The molecule has 0 aliphatic heterocycles. The van der Waals surface area contributed by atoms with Crippen LogP contribution in [0.3, 0.4) is 0 Å². The minimum atomic E-state index is -0.228. The van der Waals surface area contributed by atoms with Crippen molar-refractivity contribution in [2.24, 2.45) is 0 Å². The fraction of sp³-hybridized carbons (Fsp3) is 0.267. The van der Waals surface area contributed by atoms with E-state index in [4.69, 9.17) is 14.5 Å². The van der Waals surface area contributed by atoms with Crippen LogP contribution in [0.25, 0.3) is 17.1 Å². The number of imidazole rings is 1. The number of hydrogen-bond donors (Lipinski definition) is 1. The fourth-order valence-corrected chi connectivity index (χ4v) is 4.30. The summed E-state index contributed by atoms with van der Waals surface area (Å²) < 4.78 is 13.7. The summed E-state index contributed by atoms with van der Waals surface area (Å²) in [5.74, 6) is 2.26. The lowest BCUT2D eigenvalue weighted by Crippen LogP contribution is -2.30. The third-order valence-electron chi connectivity index (χ3n) is 5.99. The number of fused-ring (bicyclic) bond motifs is 1. The molecule has 1 unspecified atom stereocenters. The lowest BCUT2D eigenvalue weighted by molar-refractivity contribution is -0.121. The molecule has 1 heterocycles. The molecule has 6 nitrogen and oxygen atoms in total. The third-order valence-corrected chi connectivity index (χ3v) is 5.99. The van der Waals surface area contributed by atoms with Gasteiger partial charge in [-0.2, -0.15) is 0 Å². The van der Waals surface area contributed by atoms with Crippen LogP contribution < -0.4 is 14.8 Å². The van der Waals surface area contributed by atoms with Crippen LogP contribution in [-0.4, -0.2) is 29.2 Å². The second-order valence-electron chi connectivity index (χ2n) is 8.67. The molecule has 0 saturated carbocycles. The smallest absolute Gasteiger partial charge is 0.224 e. The van der Waals surface area contributed by atoms with E-state index >= 15 is 0 Å². The molecule has 4 aromatic rings. The van der Waals surface area contributed by atoms with Crippen LogP contribution in [0.15, 0.2) is 78.9 Å². The van der Waals surface area contributed by atoms with E-state index in [0.717, 1.165) is 40.2 Å². The quantitative estimate of drug-likeness (QED) is 0.267. The van der Waals surface area contributed by atoms with E-state index < -0.39 is 0 Å². The van der Waals surface area contributed by atoms with E-state index in [1.54, 1.807) is 7.11 Å². The van der Waals surface area contributed by atoms with Gasteiger partial charge in [-0.1, -0.05) is 60.7 Å². The Hall–Kier alpha value is -4.06. The number of nitrogens with one attached hydrogen (secondary N) is 1. The van der Waals surface area contributed by atoms with E-state index in [1.807, 2.05) is 92.7 Å². The number of methoxy groups -OCH3 is 1. The number of amides is 1. The molecule has 0 aliphatic carbocycles. The lowest BCUT2D eigenvalue weighted by atomic mass is 10.1. The van der Waals surface area contributed by atoms with Gasteiger partial charge in [-0.3, -0.25) is 4.79 Å². The van der Waals surface area contributed by atoms with Crippen LogP contribution in [0, 0.1) is 0 Å². The van der Waals surface area contributed by atoms with Crippen LogP contribution in [0.2, 0.25) is 0 Å². The van der Waals surface area contributed by atoms with Crippen LogP contribution in [0.1, 0.15) is 43.3 Å². The van der Waals surface area contributed by atoms with Crippen molar-refractivity contribution in [3.8, 4) is 11.5 Å². The molecule has 0 saturated heterocycles. The predicted octanol–water partition coefficient (Wildman–Crippen LogP) is 5.97. The number of hydrogen-bond acceptors (Lipinski definition) is 4. The minimum Gasteiger partial charge on any atom is -0.493 e. The highest BCUT2D eigenvalue weighted by molar-refractivity contribution is 5.79. The molecule has 3 aromatic carbocycles. The maximum absolute atomic E-state index is 12.7. The molecule has 6 heteroatoms. The molecule has 0 radical (unpaired) electrons. The van der Waals surface area contributed by atoms with Crippen molar-refractivity contribution < 1.29 is 14.3 Å². The Morgan fingerprint density at radius 2 is 1.83 bits per heavy atom. The Labute approximate surface area is 212 Å². The van der Waals surface area contributed by atoms with Gasteiger partial charge in [0.05, 0.1) is 37.2 Å². The first kappa shape index (κ1) is 25.0. The topological polar surface area (TPSA) is 65.4 Å². The number of nitrogens with zero attached hydrogens (tertiary/aromatic N) is 2. The SMILES string of the molecule is C/C=C/c1ccc(OCCCn2c(C(C)NC(=O)Cc3ccccc3)nc3ccccc32)c(OC)c1. The summed E-state index contributed by atoms with van der Waals surface area (Å²) in [6.45, 7) is 5.21. The second kappa shape index (κ2) is 12.1. The van der Waals surface area contributed by atoms with Gasteiger partial charge in [0.15, 0.2) is 11.5 Å². The van der Waals surface area contributed by atoms with Gasteiger partial charge in [-0.05, 0) is 55.7 Å². The second-order valence-corrected chi connectivity index (χ2v) is 8.67. The first-order valence-electron chi connectivity index (χ1n) is 12.3. The molecule has 1 amide bonds. The van der Waals surface area contributed by atoms with Gasteiger partial charge in [0.25, 0.3) is 0 Å². The summed E-state index contributed by atoms with van der Waals surface area (Å²) in [4.78, 5) is 17.5. The highest BCUT2D eigenvalue weighted by atomic mass is 16.5. The number of carbonyl (C=O) groups excluding carboxylic acids is 1. The molecule has 0 fully saturated rings. The molecule has 0 aliphatic rings. The van der Waals surface area contributed by atoms with E-state index in [2.05, 4.69) is 16.0 Å². The highest BCUT2D eigenvalue weighted by Gasteiger charge is 2.18. The lowest BCUT2D eigenvalue weighted by Gasteiger charge is -2.17. The Morgan fingerprint density at radius 1 is 1.06 bits per heavy atom. The molecular weight excluding hydrogens is 450 g/mol. The highest BCUT2D eigenvalue weighted by Crippen LogP contribution is 2.29. The summed E-state index contributed by atoms with van der Waals surface area (Å²) in [7, 11) is 1.65. The molecule has 4 rings (SSSR count). The zero-order valence-corrected chi connectivity index (χ0v) is 21.1. The number of ether oxygens (including phenoxy) is 2. The zero-order chi connectivity index (χ0) is 25.3. The molecule has 0 spiro atoms. The van der Waals surface area contributed by atoms with Crippen molar-refractivity contribution in [3.63, 3.8) is 0 Å². The van der Waals surface area contributed by atoms with Gasteiger partial charge in [-0.15, -0.1) is 0 Å². The normalized spacial score (nSPS) is 12.1. The van der Waals surface area contributed by atoms with Crippen molar-refractivity contribution >= 4 is 23.0 Å². The number of allylic oxidation sites excluding steroid dienone is 1. The van der Waals surface area contributed by atoms with E-state index in [0.29, 0.717) is 25.3 Å². The molecule has 1 atom stereocenters. The van der Waals surface area contributed by atoms with Crippen LogP contribution >= 0.6 is 0 Å². The minimum absolute atomic E-state index is 0.0240. The molecule has 1 N–H and O–H groups in total. The van der Waals surface area contributed by atoms with Gasteiger partial charge in [-0.25, -0.2) is 4.98 Å². The van der Waals surface area contributed by atoms with Crippen LogP contribution in [-0.2, 0) is 17.8 Å². The first-order valence-corrected chi connectivity index (χ1v) is 12.3. The summed E-state index contributed by atoms with van der Waals surface area (Å²) in [5, 5.41) is 3.12. The summed E-state index contributed by atoms with van der Waals surface area (Å²) in [6.07, 6.45) is 5.14. The van der Waals surface area contributed by atoms with E-state index in [9.17, 15) is 4.79 Å². The van der Waals surface area contributed by atoms with E-state index in [1.165, 1.54) is 0 Å². The summed E-state index contributed by atoms with van der Waals surface area (Å²) >= 11 is 0. The molecule has 1 aromatic heterocycles. The average molecular weight is 484 g/mol. The maximum atomic E-state index is 12.7. The van der Waals surface area contributed by atoms with Crippen molar-refractivity contribution in [1.29, 1.82) is 0 Å². The largest absolute Gasteiger partial charge is 0.493 e. The Bertz CT molecular complexity index is 1330. The van der Waals surface area contributed by atoms with Crippen molar-refractivity contribution in [2.75, 3.05) is 13.7 Å². The van der Waals surface area contributed by atoms with Crippen molar-refractivity contribution in [1.82, 2.24) is 14.9 Å². The maximum Gasteiger partial charge on any atom is 0.224 e. The number of benzene rings is 3. The van der Waals surface area contributed by atoms with Gasteiger partial charge in [0.1, 0.15) is 5.82 Å². The van der Waals surface area contributed by atoms with Gasteiger partial charge in [0.2, 0.25) is 5.91 Å². The Morgan fingerprint density at radius 3 is 2.61 bits per heavy atom.